The van der Waals surface area contributed by atoms with Crippen molar-refractivity contribution in [3.8, 4) is 11.4 Å². The quantitative estimate of drug-likeness (QED) is 0.346. The Morgan fingerprint density at radius 3 is 2.66 bits per heavy atom. The standard InChI is InChI=1S/C21H22F2IN4O3P/c1-4-27-20(10-29)26-28(21(27)30)17-7-18(31-11(2)3)12(6-16(17)24)14(22)5-13-15(23)8-25-9-19(13)32/h5-9,11,29H,4,10,32H2,1-3H3/b14-5-. The molecule has 1 unspecified atom stereocenters. The fourth-order valence-corrected chi connectivity index (χ4v) is 4.09. The third kappa shape index (κ3) is 4.92. The molecule has 0 aliphatic rings. The highest BCUT2D eigenvalue weighted by Crippen LogP contribution is 2.34. The monoisotopic (exact) mass is 574 g/mol. The molecule has 1 atom stereocenters. The summed E-state index contributed by atoms with van der Waals surface area (Å²) < 4.78 is 38.3. The van der Waals surface area contributed by atoms with Crippen molar-refractivity contribution in [2.24, 2.45) is 0 Å². The molecule has 0 saturated carbocycles. The summed E-state index contributed by atoms with van der Waals surface area (Å²) in [5.74, 6) is -0.969. The van der Waals surface area contributed by atoms with Crippen LogP contribution in [0.15, 0.2) is 29.3 Å². The molecule has 11 heteroatoms. The molecule has 0 aliphatic carbocycles. The van der Waals surface area contributed by atoms with Crippen LogP contribution in [-0.4, -0.2) is 30.5 Å². The van der Waals surface area contributed by atoms with Gasteiger partial charge in [0.2, 0.25) is 0 Å². The number of aromatic nitrogens is 4. The lowest BCUT2D eigenvalue weighted by Crippen LogP contribution is -2.24. The predicted molar refractivity (Wildman–Crippen MR) is 130 cm³/mol. The molecule has 0 saturated heterocycles. The first-order valence-corrected chi connectivity index (χ1v) is 11.4. The highest BCUT2D eigenvalue weighted by molar-refractivity contribution is 14.1. The molecule has 3 aromatic rings. The zero-order valence-corrected chi connectivity index (χ0v) is 21.0. The maximum absolute atomic E-state index is 15.3. The van der Waals surface area contributed by atoms with Gasteiger partial charge in [0.25, 0.3) is 0 Å². The molecule has 170 valence electrons. The highest BCUT2D eigenvalue weighted by atomic mass is 127. The van der Waals surface area contributed by atoms with Crippen molar-refractivity contribution in [2.75, 3.05) is 0 Å². The highest BCUT2D eigenvalue weighted by Gasteiger charge is 2.20. The molecule has 3 rings (SSSR count). The predicted octanol–water partition coefficient (Wildman–Crippen LogP) is 3.44. The number of halogens is 3. The van der Waals surface area contributed by atoms with Crippen molar-refractivity contribution in [3.05, 3.63) is 61.3 Å². The molecule has 2 aromatic heterocycles. The molecule has 0 aliphatic heterocycles. The summed E-state index contributed by atoms with van der Waals surface area (Å²) in [6, 6.07) is 3.03. The first-order chi connectivity index (χ1) is 15.2. The van der Waals surface area contributed by atoms with Crippen LogP contribution in [0.3, 0.4) is 0 Å². The number of pyridine rings is 1. The summed E-state index contributed by atoms with van der Waals surface area (Å²) in [7, 11) is 2.32. The number of rotatable bonds is 7. The maximum atomic E-state index is 15.3. The van der Waals surface area contributed by atoms with E-state index < -0.39 is 23.9 Å². The van der Waals surface area contributed by atoms with Crippen LogP contribution >= 0.6 is 31.8 Å². The van der Waals surface area contributed by atoms with E-state index in [1.165, 1.54) is 22.9 Å². The van der Waals surface area contributed by atoms with Gasteiger partial charge in [0.05, 0.1) is 23.6 Å². The van der Waals surface area contributed by atoms with Gasteiger partial charge in [0.1, 0.15) is 24.0 Å². The lowest BCUT2D eigenvalue weighted by Gasteiger charge is -2.16. The first-order valence-electron chi connectivity index (χ1n) is 9.74. The van der Waals surface area contributed by atoms with Gasteiger partial charge in [-0.2, -0.15) is 4.68 Å². The molecule has 0 amide bonds. The van der Waals surface area contributed by atoms with Gasteiger partial charge >= 0.3 is 5.69 Å². The molecule has 7 nitrogen and oxygen atoms in total. The van der Waals surface area contributed by atoms with E-state index in [-0.39, 0.29) is 28.8 Å². The van der Waals surface area contributed by atoms with Gasteiger partial charge in [-0.1, -0.05) is 0 Å². The van der Waals surface area contributed by atoms with Crippen LogP contribution in [0.2, 0.25) is 0 Å². The number of hydrogen-bond donors (Lipinski definition) is 1. The number of hydrogen-bond acceptors (Lipinski definition) is 5. The van der Waals surface area contributed by atoms with Crippen LogP contribution in [0, 0.1) is 9.39 Å². The van der Waals surface area contributed by atoms with E-state index in [0.717, 1.165) is 17.0 Å². The van der Waals surface area contributed by atoms with Gasteiger partial charge in [-0.3, -0.25) is 9.55 Å². The average Bonchev–Trinajstić information content (AvgIpc) is 3.06. The van der Waals surface area contributed by atoms with Crippen LogP contribution in [-0.2, 0) is 13.2 Å². The Bertz CT molecular complexity index is 1220. The van der Waals surface area contributed by atoms with E-state index in [2.05, 4.69) is 19.3 Å². The fourth-order valence-electron chi connectivity index (χ4n) is 3.09. The number of ether oxygens (including phenoxy) is 1. The Kier molecular flexibility index (Phi) is 7.79. The second-order valence-corrected chi connectivity index (χ2v) is 8.88. The normalized spacial score (nSPS) is 12.0. The third-order valence-electron chi connectivity index (χ3n) is 4.53. The van der Waals surface area contributed by atoms with Gasteiger partial charge < -0.3 is 9.84 Å². The van der Waals surface area contributed by atoms with E-state index in [1.54, 1.807) is 20.8 Å². The lowest BCUT2D eigenvalue weighted by molar-refractivity contribution is 0.241. The SMILES string of the molecule is CCn1c(CO)nn(-c2cc(OC(C)C)c(/C(F)=C/c3c(F)cncc3P)cc2I)c1=O. The summed E-state index contributed by atoms with van der Waals surface area (Å²) in [6.45, 7) is 5.28. The van der Waals surface area contributed by atoms with Gasteiger partial charge in [0, 0.05) is 27.9 Å². The number of benzene rings is 1. The number of nitrogens with zero attached hydrogens (tertiary/aromatic N) is 4. The Balaban J connectivity index is 2.20. The Morgan fingerprint density at radius 1 is 1.38 bits per heavy atom. The van der Waals surface area contributed by atoms with Crippen LogP contribution in [0.4, 0.5) is 8.78 Å². The Hall–Kier alpha value is -2.17. The molecule has 2 heterocycles. The van der Waals surface area contributed by atoms with Gasteiger partial charge in [-0.15, -0.1) is 14.3 Å². The number of aliphatic hydroxyl groups excluding tert-OH is 1. The first kappa shape index (κ1) is 24.5. The largest absolute Gasteiger partial charge is 0.490 e. The fraction of sp³-hybridized carbons (Fsp3) is 0.286. The average molecular weight is 574 g/mol. The van der Waals surface area contributed by atoms with E-state index >= 15 is 4.39 Å². The second-order valence-electron chi connectivity index (χ2n) is 7.10. The molecule has 32 heavy (non-hydrogen) atoms. The lowest BCUT2D eigenvalue weighted by atomic mass is 10.1. The van der Waals surface area contributed by atoms with E-state index in [0.29, 0.717) is 21.1 Å². The van der Waals surface area contributed by atoms with Crippen LogP contribution in [0.25, 0.3) is 17.6 Å². The van der Waals surface area contributed by atoms with Crippen molar-refractivity contribution in [1.29, 1.82) is 0 Å². The van der Waals surface area contributed by atoms with E-state index in [1.807, 2.05) is 22.6 Å². The van der Waals surface area contributed by atoms with Crippen molar-refractivity contribution >= 4 is 49.0 Å². The zero-order chi connectivity index (χ0) is 23.6. The second kappa shape index (κ2) is 10.2. The Labute approximate surface area is 199 Å². The maximum Gasteiger partial charge on any atom is 0.350 e. The third-order valence-corrected chi connectivity index (χ3v) is 5.86. The van der Waals surface area contributed by atoms with Crippen LogP contribution < -0.4 is 15.7 Å². The molecule has 1 aromatic carbocycles. The topological polar surface area (TPSA) is 82.2 Å². The molecule has 0 spiro atoms. The van der Waals surface area contributed by atoms with E-state index in [4.69, 9.17) is 4.74 Å². The molecular weight excluding hydrogens is 552 g/mol. The zero-order valence-electron chi connectivity index (χ0n) is 17.6. The van der Waals surface area contributed by atoms with Crippen LogP contribution in [0.1, 0.15) is 37.7 Å². The minimum Gasteiger partial charge on any atom is -0.490 e. The summed E-state index contributed by atoms with van der Waals surface area (Å²) in [6.07, 6.45) is 3.22. The van der Waals surface area contributed by atoms with Crippen molar-refractivity contribution in [3.63, 3.8) is 0 Å². The summed E-state index contributed by atoms with van der Waals surface area (Å²) in [4.78, 5) is 16.5. The van der Waals surface area contributed by atoms with E-state index in [9.17, 15) is 14.3 Å². The molecule has 1 N–H and O–H groups in total. The molecule has 0 radical (unpaired) electrons. The summed E-state index contributed by atoms with van der Waals surface area (Å²) >= 11 is 1.97. The summed E-state index contributed by atoms with van der Waals surface area (Å²) in [5.41, 5.74) is 0.118. The minimum atomic E-state index is -0.707. The van der Waals surface area contributed by atoms with Crippen molar-refractivity contribution < 1.29 is 18.6 Å². The number of aliphatic hydroxyl groups is 1. The Morgan fingerprint density at radius 2 is 2.09 bits per heavy atom. The molecular formula is C21H22F2IN4O3P. The van der Waals surface area contributed by atoms with Gasteiger partial charge in [-0.05, 0) is 60.8 Å². The summed E-state index contributed by atoms with van der Waals surface area (Å²) in [5, 5.41) is 14.1. The van der Waals surface area contributed by atoms with Gasteiger partial charge in [-0.25, -0.2) is 13.6 Å². The minimum absolute atomic E-state index is 0.0579. The van der Waals surface area contributed by atoms with Gasteiger partial charge in [0.15, 0.2) is 5.82 Å². The van der Waals surface area contributed by atoms with Crippen LogP contribution in [0.5, 0.6) is 5.75 Å². The molecule has 0 bridgehead atoms. The molecule has 0 fully saturated rings. The smallest absolute Gasteiger partial charge is 0.350 e. The van der Waals surface area contributed by atoms with Crippen molar-refractivity contribution in [2.45, 2.75) is 40.0 Å². The van der Waals surface area contributed by atoms with Crippen molar-refractivity contribution in [1.82, 2.24) is 19.3 Å².